The number of rotatable bonds is 2. The topological polar surface area (TPSA) is 56.7 Å². The van der Waals surface area contributed by atoms with E-state index in [1.165, 1.54) is 0 Å². The van der Waals surface area contributed by atoms with E-state index in [0.717, 1.165) is 28.2 Å². The van der Waals surface area contributed by atoms with Crippen molar-refractivity contribution in [2.24, 2.45) is 0 Å². The number of hydrogen-bond donors (Lipinski definition) is 1. The molecule has 0 aliphatic heterocycles. The molecule has 2 aromatic heterocycles. The van der Waals surface area contributed by atoms with Crippen molar-refractivity contribution in [3.63, 3.8) is 0 Å². The van der Waals surface area contributed by atoms with Crippen molar-refractivity contribution in [2.45, 2.75) is 13.8 Å². The lowest BCUT2D eigenvalue weighted by Gasteiger charge is -2.05. The Kier molecular flexibility index (Phi) is 2.99. The molecule has 3 aromatic rings. The molecule has 0 bridgehead atoms. The van der Waals surface area contributed by atoms with Crippen molar-refractivity contribution in [3.05, 3.63) is 60.0 Å². The lowest BCUT2D eigenvalue weighted by Crippen LogP contribution is -1.98. The number of aryl methyl sites for hydroxylation is 1. The van der Waals surface area contributed by atoms with Gasteiger partial charge in [0.2, 0.25) is 0 Å². The summed E-state index contributed by atoms with van der Waals surface area (Å²) in [6.45, 7) is 4.08. The molecular weight excluding hydrogens is 248 g/mol. The van der Waals surface area contributed by atoms with Gasteiger partial charge in [-0.05, 0) is 38.1 Å². The molecule has 0 saturated carbocycles. The van der Waals surface area contributed by atoms with Gasteiger partial charge < -0.3 is 5.73 Å². The molecule has 0 aliphatic carbocycles. The summed E-state index contributed by atoms with van der Waals surface area (Å²) in [5, 5.41) is 4.64. The van der Waals surface area contributed by atoms with E-state index in [1.54, 1.807) is 6.20 Å². The number of anilines is 1. The van der Waals surface area contributed by atoms with Crippen molar-refractivity contribution < 1.29 is 0 Å². The first kappa shape index (κ1) is 12.4. The van der Waals surface area contributed by atoms with Crippen LogP contribution in [0.4, 0.5) is 5.82 Å². The zero-order valence-electron chi connectivity index (χ0n) is 11.5. The Hall–Kier alpha value is -2.62. The van der Waals surface area contributed by atoms with E-state index < -0.39 is 0 Å². The number of para-hydroxylation sites is 1. The van der Waals surface area contributed by atoms with Gasteiger partial charge in [-0.2, -0.15) is 5.10 Å². The van der Waals surface area contributed by atoms with Crippen LogP contribution in [0.3, 0.4) is 0 Å². The molecule has 1 aromatic carbocycles. The Morgan fingerprint density at radius 1 is 1.00 bits per heavy atom. The number of pyridine rings is 1. The van der Waals surface area contributed by atoms with E-state index >= 15 is 0 Å². The third kappa shape index (κ3) is 2.05. The second-order valence-electron chi connectivity index (χ2n) is 4.76. The molecule has 0 amide bonds. The van der Waals surface area contributed by atoms with Gasteiger partial charge in [-0.3, -0.25) is 0 Å². The monoisotopic (exact) mass is 264 g/mol. The maximum Gasteiger partial charge on any atom is 0.123 e. The normalized spacial score (nSPS) is 10.7. The Labute approximate surface area is 117 Å². The summed E-state index contributed by atoms with van der Waals surface area (Å²) in [6, 6.07) is 13.9. The van der Waals surface area contributed by atoms with Crippen LogP contribution in [0.25, 0.3) is 16.8 Å². The number of nitrogens with zero attached hydrogens (tertiary/aromatic N) is 3. The highest BCUT2D eigenvalue weighted by atomic mass is 15.3. The van der Waals surface area contributed by atoms with Crippen LogP contribution in [-0.2, 0) is 0 Å². The summed E-state index contributed by atoms with van der Waals surface area (Å²) in [7, 11) is 0. The second-order valence-corrected chi connectivity index (χ2v) is 4.76. The summed E-state index contributed by atoms with van der Waals surface area (Å²) in [5.41, 5.74) is 10.9. The molecule has 4 heteroatoms. The maximum atomic E-state index is 5.65. The van der Waals surface area contributed by atoms with Gasteiger partial charge in [0.1, 0.15) is 5.82 Å². The molecule has 2 N–H and O–H groups in total. The van der Waals surface area contributed by atoms with Crippen LogP contribution in [0.1, 0.15) is 11.4 Å². The molecule has 20 heavy (non-hydrogen) atoms. The smallest absolute Gasteiger partial charge is 0.123 e. The van der Waals surface area contributed by atoms with E-state index in [-0.39, 0.29) is 0 Å². The Bertz CT molecular complexity index is 727. The summed E-state index contributed by atoms with van der Waals surface area (Å²) in [6.07, 6.45) is 1.79. The molecule has 4 nitrogen and oxygen atoms in total. The number of aromatic nitrogens is 3. The Balaban J connectivity index is 2.14. The fourth-order valence-corrected chi connectivity index (χ4v) is 2.43. The van der Waals surface area contributed by atoms with Crippen molar-refractivity contribution in [1.29, 1.82) is 0 Å². The number of hydrogen-bond acceptors (Lipinski definition) is 3. The predicted octanol–water partition coefficient (Wildman–Crippen LogP) is 3.13. The van der Waals surface area contributed by atoms with Crippen LogP contribution in [0, 0.1) is 13.8 Å². The van der Waals surface area contributed by atoms with Crippen molar-refractivity contribution in [3.8, 4) is 16.8 Å². The Morgan fingerprint density at radius 3 is 2.40 bits per heavy atom. The second kappa shape index (κ2) is 4.81. The molecular formula is C16H16N4. The summed E-state index contributed by atoms with van der Waals surface area (Å²) >= 11 is 0. The molecule has 0 spiro atoms. The quantitative estimate of drug-likeness (QED) is 0.773. The van der Waals surface area contributed by atoms with Gasteiger partial charge in [0, 0.05) is 23.0 Å². The zero-order chi connectivity index (χ0) is 14.1. The van der Waals surface area contributed by atoms with Gasteiger partial charge in [-0.25, -0.2) is 9.67 Å². The average Bonchev–Trinajstić information content (AvgIpc) is 2.76. The van der Waals surface area contributed by atoms with Gasteiger partial charge >= 0.3 is 0 Å². The van der Waals surface area contributed by atoms with Crippen molar-refractivity contribution in [2.75, 3.05) is 5.73 Å². The van der Waals surface area contributed by atoms with E-state index in [4.69, 9.17) is 5.73 Å². The SMILES string of the molecule is Cc1nn(-c2ccccc2)c(C)c1-c1ccc(N)nc1. The van der Waals surface area contributed by atoms with E-state index in [0.29, 0.717) is 5.82 Å². The van der Waals surface area contributed by atoms with E-state index in [9.17, 15) is 0 Å². The Morgan fingerprint density at radius 2 is 1.75 bits per heavy atom. The molecule has 2 heterocycles. The lowest BCUT2D eigenvalue weighted by atomic mass is 10.1. The van der Waals surface area contributed by atoms with E-state index in [2.05, 4.69) is 17.0 Å². The fourth-order valence-electron chi connectivity index (χ4n) is 2.43. The molecule has 100 valence electrons. The van der Waals surface area contributed by atoms with Crippen LogP contribution < -0.4 is 5.73 Å². The average molecular weight is 264 g/mol. The van der Waals surface area contributed by atoms with Crippen molar-refractivity contribution >= 4 is 5.82 Å². The maximum absolute atomic E-state index is 5.65. The molecule has 0 atom stereocenters. The highest BCUT2D eigenvalue weighted by molar-refractivity contribution is 5.69. The minimum absolute atomic E-state index is 0.527. The molecule has 3 rings (SSSR count). The van der Waals surface area contributed by atoms with Gasteiger partial charge in [0.05, 0.1) is 11.4 Å². The molecule has 0 saturated heterocycles. The standard InChI is InChI=1S/C16H16N4/c1-11-16(13-8-9-15(17)18-10-13)12(2)20(19-11)14-6-4-3-5-7-14/h3-10H,1-2H3,(H2,17,18). The van der Waals surface area contributed by atoms with Gasteiger partial charge in [-0.15, -0.1) is 0 Å². The third-order valence-electron chi connectivity index (χ3n) is 3.37. The predicted molar refractivity (Wildman–Crippen MR) is 80.7 cm³/mol. The largest absolute Gasteiger partial charge is 0.384 e. The third-order valence-corrected chi connectivity index (χ3v) is 3.37. The minimum Gasteiger partial charge on any atom is -0.384 e. The van der Waals surface area contributed by atoms with Crippen LogP contribution >= 0.6 is 0 Å². The highest BCUT2D eigenvalue weighted by Crippen LogP contribution is 2.28. The zero-order valence-corrected chi connectivity index (χ0v) is 11.5. The van der Waals surface area contributed by atoms with Gasteiger partial charge in [0.15, 0.2) is 0 Å². The minimum atomic E-state index is 0.527. The van der Waals surface area contributed by atoms with Crippen LogP contribution in [0.2, 0.25) is 0 Å². The van der Waals surface area contributed by atoms with E-state index in [1.807, 2.05) is 54.1 Å². The van der Waals surface area contributed by atoms with Crippen molar-refractivity contribution in [1.82, 2.24) is 14.8 Å². The van der Waals surface area contributed by atoms with Crippen LogP contribution in [-0.4, -0.2) is 14.8 Å². The first-order valence-electron chi connectivity index (χ1n) is 6.50. The summed E-state index contributed by atoms with van der Waals surface area (Å²) in [4.78, 5) is 4.16. The lowest BCUT2D eigenvalue weighted by molar-refractivity contribution is 0.834. The van der Waals surface area contributed by atoms with Crippen LogP contribution in [0.15, 0.2) is 48.7 Å². The number of nitrogen functional groups attached to an aromatic ring is 1. The summed E-state index contributed by atoms with van der Waals surface area (Å²) in [5.74, 6) is 0.527. The molecule has 0 unspecified atom stereocenters. The van der Waals surface area contributed by atoms with Crippen LogP contribution in [0.5, 0.6) is 0 Å². The molecule has 0 aliphatic rings. The van der Waals surface area contributed by atoms with Gasteiger partial charge in [-0.1, -0.05) is 18.2 Å². The first-order chi connectivity index (χ1) is 9.66. The summed E-state index contributed by atoms with van der Waals surface area (Å²) < 4.78 is 1.96. The first-order valence-corrected chi connectivity index (χ1v) is 6.50. The molecule has 0 fully saturated rings. The van der Waals surface area contributed by atoms with Gasteiger partial charge in [0.25, 0.3) is 0 Å². The highest BCUT2D eigenvalue weighted by Gasteiger charge is 2.14. The number of benzene rings is 1. The molecule has 0 radical (unpaired) electrons. The number of nitrogens with two attached hydrogens (primary N) is 1. The fraction of sp³-hybridized carbons (Fsp3) is 0.125.